The highest BCUT2D eigenvalue weighted by Crippen LogP contribution is 2.38. The summed E-state index contributed by atoms with van der Waals surface area (Å²) in [5.74, 6) is 0.145. The van der Waals surface area contributed by atoms with Crippen molar-refractivity contribution in [1.29, 1.82) is 0 Å². The van der Waals surface area contributed by atoms with Gasteiger partial charge in [0.05, 0.1) is 36.0 Å². The van der Waals surface area contributed by atoms with Crippen molar-refractivity contribution in [3.63, 3.8) is 0 Å². The molecule has 1 aromatic carbocycles. The molecule has 1 aliphatic rings. The van der Waals surface area contributed by atoms with E-state index in [4.69, 9.17) is 4.74 Å². The van der Waals surface area contributed by atoms with Crippen molar-refractivity contribution in [2.24, 2.45) is 0 Å². The normalized spacial score (nSPS) is 13.0. The van der Waals surface area contributed by atoms with E-state index >= 15 is 0 Å². The van der Waals surface area contributed by atoms with Gasteiger partial charge in [0.15, 0.2) is 14.9 Å². The number of rotatable bonds is 8. The van der Waals surface area contributed by atoms with Gasteiger partial charge in [-0.25, -0.2) is 27.2 Å². The van der Waals surface area contributed by atoms with E-state index in [1.54, 1.807) is 19.2 Å². The Morgan fingerprint density at radius 1 is 1.21 bits per heavy atom. The van der Waals surface area contributed by atoms with E-state index < -0.39 is 16.3 Å². The Balaban J connectivity index is 1.57. The number of aromatic nitrogens is 5. The molecule has 0 atom stereocenters. The van der Waals surface area contributed by atoms with E-state index in [1.165, 1.54) is 36.1 Å². The van der Waals surface area contributed by atoms with Crippen molar-refractivity contribution in [2.45, 2.75) is 31.3 Å². The lowest BCUT2D eigenvalue weighted by Crippen LogP contribution is -2.19. The molecule has 0 unspecified atom stereocenters. The SMILES string of the molecule is CCS(=O)(=O)c1nccnc1Cn1c(C(F)F)cc2cnc(Nc3ccc(C(=O)NC)c4c3OCC4)nc21. The number of nitrogens with one attached hydrogen (secondary N) is 2. The van der Waals surface area contributed by atoms with Gasteiger partial charge in [-0.15, -0.1) is 0 Å². The van der Waals surface area contributed by atoms with Crippen molar-refractivity contribution in [1.82, 2.24) is 29.8 Å². The van der Waals surface area contributed by atoms with Crippen LogP contribution in [-0.4, -0.2) is 58.2 Å². The minimum atomic E-state index is -3.75. The zero-order valence-electron chi connectivity index (χ0n) is 20.4. The smallest absolute Gasteiger partial charge is 0.278 e. The Morgan fingerprint density at radius 3 is 2.74 bits per heavy atom. The van der Waals surface area contributed by atoms with Crippen molar-refractivity contribution in [3.8, 4) is 5.75 Å². The molecule has 4 aromatic rings. The first-order valence-electron chi connectivity index (χ1n) is 11.7. The number of nitrogens with zero attached hydrogens (tertiary/aromatic N) is 5. The Bertz CT molecular complexity index is 1660. The van der Waals surface area contributed by atoms with Crippen molar-refractivity contribution in [2.75, 3.05) is 24.7 Å². The van der Waals surface area contributed by atoms with Crippen LogP contribution in [0.4, 0.5) is 20.4 Å². The topological polar surface area (TPSA) is 141 Å². The molecular weight excluding hydrogens is 520 g/mol. The first-order valence-corrected chi connectivity index (χ1v) is 13.3. The first-order chi connectivity index (χ1) is 18.2. The lowest BCUT2D eigenvalue weighted by molar-refractivity contribution is 0.0962. The molecule has 1 aliphatic heterocycles. The predicted molar refractivity (Wildman–Crippen MR) is 134 cm³/mol. The van der Waals surface area contributed by atoms with Crippen molar-refractivity contribution < 1.29 is 26.7 Å². The van der Waals surface area contributed by atoms with Crippen LogP contribution >= 0.6 is 0 Å². The zero-order chi connectivity index (χ0) is 27.0. The highest BCUT2D eigenvalue weighted by molar-refractivity contribution is 7.91. The number of halogens is 2. The molecule has 0 spiro atoms. The van der Waals surface area contributed by atoms with Crippen LogP contribution in [0.15, 0.2) is 41.8 Å². The second kappa shape index (κ2) is 9.93. The molecule has 5 rings (SSSR count). The van der Waals surface area contributed by atoms with Gasteiger partial charge in [0.1, 0.15) is 11.4 Å². The molecule has 14 heteroatoms. The van der Waals surface area contributed by atoms with Gasteiger partial charge in [0, 0.05) is 48.6 Å². The van der Waals surface area contributed by atoms with Crippen LogP contribution in [0.25, 0.3) is 11.0 Å². The summed E-state index contributed by atoms with van der Waals surface area (Å²) in [4.78, 5) is 29.0. The summed E-state index contributed by atoms with van der Waals surface area (Å²) in [7, 11) is -2.20. The molecule has 38 heavy (non-hydrogen) atoms. The number of sulfone groups is 1. The molecule has 0 fully saturated rings. The Kier molecular flexibility index (Phi) is 6.65. The van der Waals surface area contributed by atoms with Gasteiger partial charge in [0.25, 0.3) is 12.3 Å². The van der Waals surface area contributed by atoms with E-state index in [-0.39, 0.29) is 46.2 Å². The number of carbonyl (C=O) groups excluding carboxylic acids is 1. The van der Waals surface area contributed by atoms with Crippen molar-refractivity contribution in [3.05, 3.63) is 59.3 Å². The molecule has 0 radical (unpaired) electrons. The number of alkyl halides is 2. The molecule has 198 valence electrons. The fourth-order valence-corrected chi connectivity index (χ4v) is 5.31. The quantitative estimate of drug-likeness (QED) is 0.343. The third kappa shape index (κ3) is 4.51. The molecule has 3 aromatic heterocycles. The summed E-state index contributed by atoms with van der Waals surface area (Å²) in [6.45, 7) is 1.58. The zero-order valence-corrected chi connectivity index (χ0v) is 21.2. The van der Waals surface area contributed by atoms with Crippen LogP contribution in [0.3, 0.4) is 0 Å². The predicted octanol–water partition coefficient (Wildman–Crippen LogP) is 3.04. The van der Waals surface area contributed by atoms with E-state index in [1.807, 2.05) is 0 Å². The molecule has 11 nitrogen and oxygen atoms in total. The molecule has 2 N–H and O–H groups in total. The first kappa shape index (κ1) is 25.4. The van der Waals surface area contributed by atoms with Crippen LogP contribution in [-0.2, 0) is 22.8 Å². The second-order valence-corrected chi connectivity index (χ2v) is 10.6. The maximum atomic E-state index is 14.0. The summed E-state index contributed by atoms with van der Waals surface area (Å²) in [5.41, 5.74) is 1.57. The van der Waals surface area contributed by atoms with E-state index in [2.05, 4.69) is 30.6 Å². The average molecular weight is 544 g/mol. The standard InChI is InChI=1S/C24H23F2N7O4S/c1-3-38(35,36)23-17(28-7-8-29-23)12-33-18(20(25)26)10-13-11-30-24(32-21(13)33)31-16-5-4-15(22(34)27-2)14-6-9-37-19(14)16/h4-5,7-8,10-11,20H,3,6,9,12H2,1-2H3,(H,27,34)(H,30,31,32). The van der Waals surface area contributed by atoms with Gasteiger partial charge in [-0.1, -0.05) is 6.92 Å². The summed E-state index contributed by atoms with van der Waals surface area (Å²) in [6, 6.07) is 4.58. The Labute approximate surface area is 216 Å². The second-order valence-electron chi connectivity index (χ2n) is 8.41. The van der Waals surface area contributed by atoms with Crippen LogP contribution in [0.5, 0.6) is 5.75 Å². The fourth-order valence-electron chi connectivity index (χ4n) is 4.34. The lowest BCUT2D eigenvalue weighted by Gasteiger charge is -2.14. The van der Waals surface area contributed by atoms with Crippen molar-refractivity contribution >= 4 is 38.4 Å². The summed E-state index contributed by atoms with van der Waals surface area (Å²) in [5, 5.41) is 5.73. The van der Waals surface area contributed by atoms with Gasteiger partial charge in [-0.2, -0.15) is 4.98 Å². The summed E-state index contributed by atoms with van der Waals surface area (Å²) in [6.07, 6.45) is 1.64. The molecule has 0 saturated carbocycles. The van der Waals surface area contributed by atoms with Crippen LogP contribution < -0.4 is 15.4 Å². The van der Waals surface area contributed by atoms with E-state index in [0.29, 0.717) is 35.4 Å². The maximum absolute atomic E-state index is 14.0. The Hall–Kier alpha value is -4.20. The molecule has 0 saturated heterocycles. The highest BCUT2D eigenvalue weighted by Gasteiger charge is 2.26. The number of carbonyl (C=O) groups is 1. The number of anilines is 2. The van der Waals surface area contributed by atoms with Gasteiger partial charge >= 0.3 is 0 Å². The number of hydrogen-bond acceptors (Lipinski definition) is 9. The lowest BCUT2D eigenvalue weighted by atomic mass is 10.0. The summed E-state index contributed by atoms with van der Waals surface area (Å²) >= 11 is 0. The van der Waals surface area contributed by atoms with Gasteiger partial charge < -0.3 is 19.9 Å². The third-order valence-electron chi connectivity index (χ3n) is 6.19. The highest BCUT2D eigenvalue weighted by atomic mass is 32.2. The molecule has 0 bridgehead atoms. The minimum absolute atomic E-state index is 0.0258. The molecule has 1 amide bonds. The van der Waals surface area contributed by atoms with Gasteiger partial charge in [-0.05, 0) is 18.2 Å². The molecule has 0 aliphatic carbocycles. The maximum Gasteiger partial charge on any atom is 0.278 e. The minimum Gasteiger partial charge on any atom is -0.491 e. The average Bonchev–Trinajstić information content (AvgIpc) is 3.54. The van der Waals surface area contributed by atoms with Crippen LogP contribution in [0.2, 0.25) is 0 Å². The largest absolute Gasteiger partial charge is 0.491 e. The number of amides is 1. The molecule has 4 heterocycles. The number of hydrogen-bond donors (Lipinski definition) is 2. The number of fused-ring (bicyclic) bond motifs is 2. The van der Waals surface area contributed by atoms with Crippen LogP contribution in [0, 0.1) is 0 Å². The number of ether oxygens (including phenoxy) is 1. The van der Waals surface area contributed by atoms with E-state index in [0.717, 1.165) is 5.56 Å². The summed E-state index contributed by atoms with van der Waals surface area (Å²) < 4.78 is 60.0. The molecular formula is C24H23F2N7O4S. The van der Waals surface area contributed by atoms with E-state index in [9.17, 15) is 22.0 Å². The van der Waals surface area contributed by atoms with Crippen LogP contribution in [0.1, 0.15) is 40.7 Å². The monoisotopic (exact) mass is 543 g/mol. The number of benzene rings is 1. The third-order valence-corrected chi connectivity index (χ3v) is 7.88. The van der Waals surface area contributed by atoms with Gasteiger partial charge in [-0.3, -0.25) is 9.78 Å². The Morgan fingerprint density at radius 2 is 2.00 bits per heavy atom. The fraction of sp³-hybridized carbons (Fsp3) is 0.292. The van der Waals surface area contributed by atoms with Gasteiger partial charge in [0.2, 0.25) is 5.95 Å².